The maximum atomic E-state index is 13.5. The Bertz CT molecular complexity index is 568. The molecule has 2 aromatic rings. The van der Waals surface area contributed by atoms with Crippen molar-refractivity contribution in [1.29, 1.82) is 0 Å². The number of thioether (sulfide) groups is 1. The normalized spacial score (nSPS) is 12.4. The molecule has 0 amide bonds. The van der Waals surface area contributed by atoms with Gasteiger partial charge in [-0.25, -0.2) is 4.39 Å². The Labute approximate surface area is 118 Å². The molecule has 0 saturated heterocycles. The second-order valence-corrected chi connectivity index (χ2v) is 6.76. The summed E-state index contributed by atoms with van der Waals surface area (Å²) in [7, 11) is 0. The molecule has 1 heterocycles. The van der Waals surface area contributed by atoms with Crippen LogP contribution < -0.4 is 0 Å². The Kier molecular flexibility index (Phi) is 4.43. The fourth-order valence-corrected chi connectivity index (χ4v) is 3.53. The Hall–Kier alpha value is -0.840. The first kappa shape index (κ1) is 13.6. The largest absolute Gasteiger partial charge is 0.292 e. The van der Waals surface area contributed by atoms with Crippen LogP contribution in [0.2, 0.25) is 4.34 Å². The number of halogens is 2. The summed E-state index contributed by atoms with van der Waals surface area (Å²) in [6.45, 7) is 1.77. The van der Waals surface area contributed by atoms with Gasteiger partial charge in [0.05, 0.1) is 14.5 Å². The fraction of sp³-hybridized carbons (Fsp3) is 0.154. The molecular weight excluding hydrogens is 291 g/mol. The van der Waals surface area contributed by atoms with Crippen LogP contribution in [0.1, 0.15) is 16.6 Å². The minimum absolute atomic E-state index is 0.0276. The number of thiophene rings is 1. The van der Waals surface area contributed by atoms with Crippen molar-refractivity contribution in [2.45, 2.75) is 17.1 Å². The van der Waals surface area contributed by atoms with Crippen LogP contribution in [0, 0.1) is 5.82 Å². The van der Waals surface area contributed by atoms with Crippen molar-refractivity contribution in [2.24, 2.45) is 0 Å². The zero-order chi connectivity index (χ0) is 13.1. The molecule has 1 nitrogen and oxygen atoms in total. The van der Waals surface area contributed by atoms with Crippen molar-refractivity contribution >= 4 is 40.5 Å². The van der Waals surface area contributed by atoms with E-state index in [9.17, 15) is 9.18 Å². The third-order valence-electron chi connectivity index (χ3n) is 2.33. The van der Waals surface area contributed by atoms with Crippen LogP contribution in [0.5, 0.6) is 0 Å². The predicted molar refractivity (Wildman–Crippen MR) is 75.4 cm³/mol. The number of carbonyl (C=O) groups excluding carboxylic acids is 1. The lowest BCUT2D eigenvalue weighted by Crippen LogP contribution is -2.12. The molecule has 1 atom stereocenters. The van der Waals surface area contributed by atoms with Crippen LogP contribution in [-0.2, 0) is 0 Å². The number of hydrogen-bond acceptors (Lipinski definition) is 3. The maximum absolute atomic E-state index is 13.5. The quantitative estimate of drug-likeness (QED) is 0.590. The lowest BCUT2D eigenvalue weighted by molar-refractivity contribution is 0.0998. The lowest BCUT2D eigenvalue weighted by Gasteiger charge is -2.09. The molecule has 0 fully saturated rings. The topological polar surface area (TPSA) is 17.1 Å². The van der Waals surface area contributed by atoms with E-state index in [4.69, 9.17) is 11.6 Å². The minimum Gasteiger partial charge on any atom is -0.292 e. The van der Waals surface area contributed by atoms with Crippen molar-refractivity contribution in [1.82, 2.24) is 0 Å². The average Bonchev–Trinajstić information content (AvgIpc) is 2.78. The molecule has 0 spiro atoms. The Morgan fingerprint density at radius 2 is 2.06 bits per heavy atom. The van der Waals surface area contributed by atoms with E-state index in [0.717, 1.165) is 0 Å². The number of hydrogen-bond donors (Lipinski definition) is 0. The highest BCUT2D eigenvalue weighted by Crippen LogP contribution is 2.30. The number of carbonyl (C=O) groups is 1. The molecule has 1 unspecified atom stereocenters. The van der Waals surface area contributed by atoms with E-state index in [2.05, 4.69) is 0 Å². The van der Waals surface area contributed by atoms with Crippen molar-refractivity contribution < 1.29 is 9.18 Å². The van der Waals surface area contributed by atoms with E-state index < -0.39 is 0 Å². The molecule has 1 aromatic carbocycles. The molecule has 0 saturated carbocycles. The zero-order valence-electron chi connectivity index (χ0n) is 9.52. The summed E-state index contributed by atoms with van der Waals surface area (Å²) in [5.74, 6) is -0.327. The Balaban J connectivity index is 2.11. The smallest absolute Gasteiger partial charge is 0.185 e. The third-order valence-corrected chi connectivity index (χ3v) is 4.72. The van der Waals surface area contributed by atoms with Gasteiger partial charge < -0.3 is 0 Å². The van der Waals surface area contributed by atoms with Gasteiger partial charge in [0.2, 0.25) is 0 Å². The maximum Gasteiger partial charge on any atom is 0.185 e. The molecule has 5 heteroatoms. The van der Waals surface area contributed by atoms with E-state index in [0.29, 0.717) is 14.1 Å². The molecule has 0 aliphatic heterocycles. The zero-order valence-corrected chi connectivity index (χ0v) is 11.9. The highest BCUT2D eigenvalue weighted by atomic mass is 35.5. The molecule has 18 heavy (non-hydrogen) atoms. The highest BCUT2D eigenvalue weighted by Gasteiger charge is 2.19. The molecule has 1 aromatic heterocycles. The summed E-state index contributed by atoms with van der Waals surface area (Å²) >= 11 is 8.26. The van der Waals surface area contributed by atoms with Crippen LogP contribution in [0.15, 0.2) is 41.3 Å². The summed E-state index contributed by atoms with van der Waals surface area (Å²) in [6, 6.07) is 9.84. The van der Waals surface area contributed by atoms with Crippen molar-refractivity contribution in [2.75, 3.05) is 0 Å². The summed E-state index contributed by atoms with van der Waals surface area (Å²) in [6.07, 6.45) is 0. The van der Waals surface area contributed by atoms with Crippen LogP contribution in [0.3, 0.4) is 0 Å². The molecule has 2 rings (SSSR count). The summed E-state index contributed by atoms with van der Waals surface area (Å²) in [5.41, 5.74) is 0. The van der Waals surface area contributed by atoms with E-state index in [-0.39, 0.29) is 16.9 Å². The monoisotopic (exact) mass is 300 g/mol. The van der Waals surface area contributed by atoms with Crippen molar-refractivity contribution in [3.8, 4) is 0 Å². The molecular formula is C13H10ClFOS2. The first-order valence-electron chi connectivity index (χ1n) is 5.28. The number of Topliss-reactive ketones (excluding diaryl/α,β-unsaturated/α-hetero) is 1. The van der Waals surface area contributed by atoms with Gasteiger partial charge in [-0.1, -0.05) is 23.7 Å². The molecule has 0 N–H and O–H groups in total. The summed E-state index contributed by atoms with van der Waals surface area (Å²) in [5, 5.41) is -0.336. The van der Waals surface area contributed by atoms with E-state index in [1.165, 1.54) is 29.2 Å². The fourth-order valence-electron chi connectivity index (χ4n) is 1.43. The first-order valence-corrected chi connectivity index (χ1v) is 7.36. The molecule has 0 radical (unpaired) electrons. The van der Waals surface area contributed by atoms with Crippen LogP contribution in [-0.4, -0.2) is 11.0 Å². The Morgan fingerprint density at radius 3 is 2.67 bits per heavy atom. The summed E-state index contributed by atoms with van der Waals surface area (Å²) in [4.78, 5) is 13.2. The number of rotatable bonds is 4. The second kappa shape index (κ2) is 5.87. The van der Waals surface area contributed by atoms with Crippen LogP contribution in [0.4, 0.5) is 4.39 Å². The van der Waals surface area contributed by atoms with E-state index in [1.54, 1.807) is 37.3 Å². The van der Waals surface area contributed by atoms with Gasteiger partial charge in [-0.2, -0.15) is 0 Å². The lowest BCUT2D eigenvalue weighted by atomic mass is 10.2. The van der Waals surface area contributed by atoms with Gasteiger partial charge >= 0.3 is 0 Å². The van der Waals surface area contributed by atoms with Crippen molar-refractivity contribution in [3.05, 3.63) is 51.4 Å². The first-order chi connectivity index (χ1) is 8.58. The van der Waals surface area contributed by atoms with Crippen LogP contribution in [0.25, 0.3) is 0 Å². The molecule has 0 aliphatic rings. The Morgan fingerprint density at radius 1 is 1.33 bits per heavy atom. The van der Waals surface area contributed by atoms with E-state index >= 15 is 0 Å². The minimum atomic E-state index is -0.336. The van der Waals surface area contributed by atoms with Crippen molar-refractivity contribution in [3.63, 3.8) is 0 Å². The van der Waals surface area contributed by atoms with Gasteiger partial charge in [0, 0.05) is 4.90 Å². The van der Waals surface area contributed by atoms with Crippen LogP contribution >= 0.6 is 34.7 Å². The van der Waals surface area contributed by atoms with Gasteiger partial charge in [-0.15, -0.1) is 23.1 Å². The summed E-state index contributed by atoms with van der Waals surface area (Å²) < 4.78 is 14.1. The predicted octanol–water partition coefficient (Wildman–Crippen LogP) is 4.90. The standard InChI is InChI=1S/C13H10ClFOS2/c1-8(13(16)11-6-7-12(14)18-11)17-10-5-3-2-4-9(10)15/h2-8H,1H3. The van der Waals surface area contributed by atoms with Gasteiger partial charge in [0.1, 0.15) is 5.82 Å². The average molecular weight is 301 g/mol. The SMILES string of the molecule is CC(Sc1ccccc1F)C(=O)c1ccc(Cl)s1. The number of ketones is 1. The highest BCUT2D eigenvalue weighted by molar-refractivity contribution is 8.00. The van der Waals surface area contributed by atoms with Gasteiger partial charge in [0.15, 0.2) is 5.78 Å². The van der Waals surface area contributed by atoms with Gasteiger partial charge in [0.25, 0.3) is 0 Å². The van der Waals surface area contributed by atoms with Gasteiger partial charge in [-0.3, -0.25) is 4.79 Å². The molecule has 94 valence electrons. The van der Waals surface area contributed by atoms with Gasteiger partial charge in [-0.05, 0) is 31.2 Å². The molecule has 0 bridgehead atoms. The second-order valence-electron chi connectivity index (χ2n) is 3.66. The number of benzene rings is 1. The van der Waals surface area contributed by atoms with E-state index in [1.807, 2.05) is 0 Å². The third kappa shape index (κ3) is 3.13. The molecule has 0 aliphatic carbocycles.